The molecule has 0 aliphatic rings. The fraction of sp³-hybridized carbons (Fsp3) is 0.900. The standard InChI is InChI=1S/C10H5F15O3/c11-3(12)5(13,14)1-27-4(26)28-2-6(15,16)7(17,18)8(19,20)9(21,22)10(23,24)25/h3H,1-2H2. The van der Waals surface area contributed by atoms with Crippen LogP contribution in [-0.4, -0.2) is 61.6 Å². The number of alkyl halides is 15. The monoisotopic (exact) mass is 458 g/mol. The van der Waals surface area contributed by atoms with E-state index in [0.29, 0.717) is 0 Å². The van der Waals surface area contributed by atoms with Crippen molar-refractivity contribution in [2.75, 3.05) is 13.2 Å². The Morgan fingerprint density at radius 1 is 0.643 bits per heavy atom. The van der Waals surface area contributed by atoms with Gasteiger partial charge < -0.3 is 9.47 Å². The number of halogens is 15. The number of carbonyl (C=O) groups excluding carboxylic acids is 1. The highest BCUT2D eigenvalue weighted by Gasteiger charge is 2.87. The van der Waals surface area contributed by atoms with Crippen LogP contribution in [-0.2, 0) is 9.47 Å². The third kappa shape index (κ3) is 4.79. The SMILES string of the molecule is O=C(OCC(F)(F)C(F)F)OCC(F)(F)C(F)(F)C(F)(F)C(F)(F)C(F)(F)F. The smallest absolute Gasteiger partial charge is 0.428 e. The largest absolute Gasteiger partial charge is 0.508 e. The van der Waals surface area contributed by atoms with Gasteiger partial charge in [0.1, 0.15) is 0 Å². The summed E-state index contributed by atoms with van der Waals surface area (Å²) in [4.78, 5) is 10.6. The Morgan fingerprint density at radius 2 is 1.04 bits per heavy atom. The highest BCUT2D eigenvalue weighted by molar-refractivity contribution is 5.60. The molecular weight excluding hydrogens is 453 g/mol. The Hall–Kier alpha value is -1.78. The first-order chi connectivity index (χ1) is 12.0. The summed E-state index contributed by atoms with van der Waals surface area (Å²) in [5.74, 6) is -34.6. The lowest BCUT2D eigenvalue weighted by atomic mass is 9.98. The molecule has 0 unspecified atom stereocenters. The van der Waals surface area contributed by atoms with Crippen molar-refractivity contribution < 1.29 is 80.1 Å². The van der Waals surface area contributed by atoms with Crippen LogP contribution in [0.15, 0.2) is 0 Å². The molecule has 0 aliphatic heterocycles. The quantitative estimate of drug-likeness (QED) is 0.373. The lowest BCUT2D eigenvalue weighted by molar-refractivity contribution is -0.423. The van der Waals surface area contributed by atoms with E-state index >= 15 is 0 Å². The first kappa shape index (κ1) is 26.2. The van der Waals surface area contributed by atoms with E-state index in [-0.39, 0.29) is 0 Å². The molecular formula is C10H5F15O3. The number of ether oxygens (including phenoxy) is 2. The molecule has 0 fully saturated rings. The van der Waals surface area contributed by atoms with Gasteiger partial charge in [-0.1, -0.05) is 0 Å². The Bertz CT molecular complexity index is 553. The molecule has 3 nitrogen and oxygen atoms in total. The van der Waals surface area contributed by atoms with Crippen LogP contribution in [0, 0.1) is 0 Å². The second-order valence-corrected chi connectivity index (χ2v) is 4.81. The Morgan fingerprint density at radius 3 is 1.39 bits per heavy atom. The first-order valence-electron chi connectivity index (χ1n) is 6.08. The van der Waals surface area contributed by atoms with Gasteiger partial charge in [-0.2, -0.15) is 57.1 Å². The molecule has 0 rings (SSSR count). The van der Waals surface area contributed by atoms with Crippen molar-refractivity contribution in [2.24, 2.45) is 0 Å². The zero-order valence-corrected chi connectivity index (χ0v) is 12.4. The van der Waals surface area contributed by atoms with Crippen LogP contribution < -0.4 is 0 Å². The molecule has 0 atom stereocenters. The fourth-order valence-corrected chi connectivity index (χ4v) is 1.10. The van der Waals surface area contributed by atoms with Gasteiger partial charge in [-0.05, 0) is 0 Å². The van der Waals surface area contributed by atoms with Crippen LogP contribution in [0.4, 0.5) is 70.7 Å². The first-order valence-corrected chi connectivity index (χ1v) is 6.08. The molecule has 0 spiro atoms. The summed E-state index contributed by atoms with van der Waals surface area (Å²) in [6.07, 6.45) is -14.7. The Kier molecular flexibility index (Phi) is 7.08. The van der Waals surface area contributed by atoms with Gasteiger partial charge in [0, 0.05) is 0 Å². The molecule has 0 bridgehead atoms. The summed E-state index contributed by atoms with van der Waals surface area (Å²) >= 11 is 0. The number of carbonyl (C=O) groups is 1. The summed E-state index contributed by atoms with van der Waals surface area (Å²) in [6, 6.07) is 0. The van der Waals surface area contributed by atoms with Crippen LogP contribution in [0.25, 0.3) is 0 Å². The number of hydrogen-bond acceptors (Lipinski definition) is 3. The maximum atomic E-state index is 13.0. The lowest BCUT2D eigenvalue weighted by Crippen LogP contribution is -2.67. The van der Waals surface area contributed by atoms with Gasteiger partial charge >= 0.3 is 48.4 Å². The van der Waals surface area contributed by atoms with Crippen molar-refractivity contribution in [1.29, 1.82) is 0 Å². The average Bonchev–Trinajstić information content (AvgIpc) is 2.49. The maximum Gasteiger partial charge on any atom is 0.508 e. The minimum atomic E-state index is -7.77. The average molecular weight is 458 g/mol. The van der Waals surface area contributed by atoms with Gasteiger partial charge in [-0.3, -0.25) is 0 Å². The van der Waals surface area contributed by atoms with E-state index in [2.05, 4.69) is 9.47 Å². The van der Waals surface area contributed by atoms with E-state index in [1.165, 1.54) is 0 Å². The van der Waals surface area contributed by atoms with Crippen LogP contribution in [0.1, 0.15) is 0 Å². The predicted molar refractivity (Wildman–Crippen MR) is 54.1 cm³/mol. The molecule has 0 saturated heterocycles. The molecule has 0 amide bonds. The molecule has 18 heteroatoms. The zero-order valence-electron chi connectivity index (χ0n) is 12.4. The van der Waals surface area contributed by atoms with Gasteiger partial charge in [0.15, 0.2) is 13.2 Å². The van der Waals surface area contributed by atoms with E-state index in [1.807, 2.05) is 0 Å². The van der Waals surface area contributed by atoms with Crippen LogP contribution in [0.5, 0.6) is 0 Å². The van der Waals surface area contributed by atoms with Crippen LogP contribution in [0.2, 0.25) is 0 Å². The van der Waals surface area contributed by atoms with Gasteiger partial charge in [-0.15, -0.1) is 0 Å². The molecule has 28 heavy (non-hydrogen) atoms. The molecule has 0 N–H and O–H groups in total. The number of hydrogen-bond donors (Lipinski definition) is 0. The minimum Gasteiger partial charge on any atom is -0.428 e. The van der Waals surface area contributed by atoms with E-state index in [9.17, 15) is 70.7 Å². The van der Waals surface area contributed by atoms with Gasteiger partial charge in [0.05, 0.1) is 0 Å². The van der Waals surface area contributed by atoms with Crippen molar-refractivity contribution in [3.05, 3.63) is 0 Å². The van der Waals surface area contributed by atoms with Crippen molar-refractivity contribution in [3.8, 4) is 0 Å². The molecule has 168 valence electrons. The summed E-state index contributed by atoms with van der Waals surface area (Å²) in [7, 11) is 0. The summed E-state index contributed by atoms with van der Waals surface area (Å²) in [5, 5.41) is 0. The fourth-order valence-electron chi connectivity index (χ4n) is 1.10. The second-order valence-electron chi connectivity index (χ2n) is 4.81. The van der Waals surface area contributed by atoms with Crippen molar-refractivity contribution in [3.63, 3.8) is 0 Å². The molecule has 0 aliphatic carbocycles. The minimum absolute atomic E-state index is 2.56. The molecule has 0 aromatic carbocycles. The van der Waals surface area contributed by atoms with Crippen molar-refractivity contribution in [1.82, 2.24) is 0 Å². The molecule has 0 radical (unpaired) electrons. The Balaban J connectivity index is 5.30. The van der Waals surface area contributed by atoms with Crippen LogP contribution >= 0.6 is 0 Å². The van der Waals surface area contributed by atoms with Crippen molar-refractivity contribution >= 4 is 6.16 Å². The van der Waals surface area contributed by atoms with E-state index in [1.54, 1.807) is 0 Å². The summed E-state index contributed by atoms with van der Waals surface area (Å²) < 4.78 is 192. The topological polar surface area (TPSA) is 35.5 Å². The van der Waals surface area contributed by atoms with Gasteiger partial charge in [-0.25, -0.2) is 13.6 Å². The second kappa shape index (κ2) is 7.57. The highest BCUT2D eigenvalue weighted by atomic mass is 19.4. The molecule has 0 heterocycles. The molecule has 0 aromatic heterocycles. The maximum absolute atomic E-state index is 13.0. The van der Waals surface area contributed by atoms with E-state index in [0.717, 1.165) is 0 Å². The summed E-state index contributed by atoms with van der Waals surface area (Å²) in [5.41, 5.74) is 0. The van der Waals surface area contributed by atoms with Crippen LogP contribution in [0.3, 0.4) is 0 Å². The number of rotatable bonds is 8. The Labute approximate surface area is 143 Å². The summed E-state index contributed by atoms with van der Waals surface area (Å²) in [6.45, 7) is -5.92. The highest BCUT2D eigenvalue weighted by Crippen LogP contribution is 2.57. The third-order valence-corrected chi connectivity index (χ3v) is 2.68. The lowest BCUT2D eigenvalue weighted by Gasteiger charge is -2.36. The zero-order chi connectivity index (χ0) is 23.0. The van der Waals surface area contributed by atoms with Gasteiger partial charge in [0.2, 0.25) is 0 Å². The third-order valence-electron chi connectivity index (χ3n) is 2.68. The normalized spacial score (nSPS) is 15.0. The molecule has 0 aromatic rings. The van der Waals surface area contributed by atoms with Crippen molar-refractivity contribution in [2.45, 2.75) is 42.2 Å². The predicted octanol–water partition coefficient (Wildman–Crippen LogP) is 5.14. The molecule has 0 saturated carbocycles. The van der Waals surface area contributed by atoms with E-state index in [4.69, 9.17) is 0 Å². The van der Waals surface area contributed by atoms with E-state index < -0.39 is 61.6 Å². The van der Waals surface area contributed by atoms with Gasteiger partial charge in [0.25, 0.3) is 0 Å².